The van der Waals surface area contributed by atoms with Gasteiger partial charge in [-0.3, -0.25) is 9.80 Å². The molecule has 2 fully saturated rings. The second-order valence-corrected chi connectivity index (χ2v) is 15.6. The number of carbonyl (C=O) groups is 1. The van der Waals surface area contributed by atoms with Gasteiger partial charge in [-0.25, -0.2) is 9.97 Å². The zero-order chi connectivity index (χ0) is 40.9. The Hall–Kier alpha value is -4.33. The van der Waals surface area contributed by atoms with Crippen molar-refractivity contribution >= 4 is 35.9 Å². The van der Waals surface area contributed by atoms with Crippen molar-refractivity contribution in [1.29, 1.82) is 0 Å². The summed E-state index contributed by atoms with van der Waals surface area (Å²) in [6, 6.07) is 16.8. The molecule has 0 atom stereocenters. The third-order valence-electron chi connectivity index (χ3n) is 10.8. The lowest BCUT2D eigenvalue weighted by molar-refractivity contribution is 0.106. The van der Waals surface area contributed by atoms with E-state index in [0.717, 1.165) is 149 Å². The molecule has 0 bridgehead atoms. The summed E-state index contributed by atoms with van der Waals surface area (Å²) in [4.78, 5) is 37.6. The quantitative estimate of drug-likeness (QED) is 0.105. The summed E-state index contributed by atoms with van der Waals surface area (Å²) in [5.74, 6) is -0.358. The molecule has 6 rings (SSSR count). The molecule has 0 spiro atoms. The first-order valence-electron chi connectivity index (χ1n) is 21.6. The third kappa shape index (κ3) is 15.7. The van der Waals surface area contributed by atoms with Crippen LogP contribution in [-0.4, -0.2) is 157 Å². The van der Waals surface area contributed by atoms with E-state index in [9.17, 15) is 9.90 Å². The van der Waals surface area contributed by atoms with Gasteiger partial charge in [0.25, 0.3) is 7.41 Å². The minimum atomic E-state index is -0.301. The van der Waals surface area contributed by atoms with Crippen molar-refractivity contribution < 1.29 is 9.90 Å². The zero-order valence-electron chi connectivity index (χ0n) is 34.7. The Morgan fingerprint density at radius 2 is 1.24 bits per heavy atom. The summed E-state index contributed by atoms with van der Waals surface area (Å²) >= 11 is 0. The van der Waals surface area contributed by atoms with Crippen molar-refractivity contribution in [3.63, 3.8) is 0 Å². The van der Waals surface area contributed by atoms with E-state index in [1.54, 1.807) is 6.20 Å². The van der Waals surface area contributed by atoms with Crippen LogP contribution in [0, 0.1) is 0 Å². The number of aromatic hydroxyl groups is 1. The summed E-state index contributed by atoms with van der Waals surface area (Å²) in [5.41, 5.74) is 11.0. The Bertz CT molecular complexity index is 1820. The molecular formula is C42H65BN14O2. The highest BCUT2D eigenvalue weighted by molar-refractivity contribution is 6.75. The molecule has 4 aromatic rings. The highest BCUT2D eigenvalue weighted by Gasteiger charge is 2.18. The molecule has 16 nitrogen and oxygen atoms in total. The van der Waals surface area contributed by atoms with Gasteiger partial charge in [0.1, 0.15) is 5.68 Å². The van der Waals surface area contributed by atoms with E-state index in [1.165, 1.54) is 11.1 Å². The van der Waals surface area contributed by atoms with Crippen LogP contribution >= 0.6 is 0 Å². The van der Waals surface area contributed by atoms with Gasteiger partial charge in [0, 0.05) is 76.7 Å². The molecule has 0 amide bonds. The van der Waals surface area contributed by atoms with E-state index in [-0.39, 0.29) is 28.7 Å². The number of benzene rings is 2. The van der Waals surface area contributed by atoms with E-state index >= 15 is 0 Å². The smallest absolute Gasteiger partial charge is 0.292 e. The van der Waals surface area contributed by atoms with Crippen LogP contribution in [0.3, 0.4) is 0 Å². The third-order valence-corrected chi connectivity index (χ3v) is 10.8. The number of carbonyl (C=O) groups excluding carboxylic acids is 1. The van der Waals surface area contributed by atoms with E-state index < -0.39 is 0 Å². The average Bonchev–Trinajstić information content (AvgIpc) is 3.24. The van der Waals surface area contributed by atoms with Gasteiger partial charge in [-0.15, -0.1) is 0 Å². The molecule has 2 aromatic heterocycles. The highest BCUT2D eigenvalue weighted by Crippen LogP contribution is 2.19. The number of fused-ring (bicyclic) bond motifs is 1. The van der Waals surface area contributed by atoms with E-state index in [2.05, 4.69) is 90.7 Å². The molecule has 0 radical (unpaired) electrons. The Kier molecular flexibility index (Phi) is 18.5. The number of hydrogen-bond donors (Lipinski definition) is 8. The van der Waals surface area contributed by atoms with Gasteiger partial charge in [0.15, 0.2) is 11.2 Å². The standard InChI is InChI=1S/C42H65BN14O2/c44-42-53-40-38(41(59)54-42)52-37(30-51-40)29-50-36-11-9-35(10-12-36)39(58)43-57-25-4-17-48-21-20-47-16-3-24-56(27-28-57)32-34-7-5-33(6-8-34)31-55-23-2-15-46-19-18-45-13-1-14-49-22-26-55/h5-12,30,43,45-50H,1-4,13-29,31-32H2,(H3,44,51,53,54,59). The lowest BCUT2D eigenvalue weighted by atomic mass is 9.79. The van der Waals surface area contributed by atoms with Gasteiger partial charge >= 0.3 is 0 Å². The second kappa shape index (κ2) is 24.7. The van der Waals surface area contributed by atoms with Gasteiger partial charge in [-0.05, 0) is 101 Å². The minimum Gasteiger partial charge on any atom is -0.492 e. The van der Waals surface area contributed by atoms with Crippen molar-refractivity contribution in [2.45, 2.75) is 45.3 Å². The zero-order valence-corrected chi connectivity index (χ0v) is 34.7. The van der Waals surface area contributed by atoms with E-state index in [1.807, 2.05) is 24.3 Å². The SMILES string of the molecule is Nc1nc(O)c2nc(CNc3ccc(C(=O)BN4CCCNCCNCCCN(Cc5ccc(CN6CCCNCCNCCCNCC6)cc5)CC4)cc3)cnc2n1. The molecular weight excluding hydrogens is 743 g/mol. The van der Waals surface area contributed by atoms with Gasteiger partial charge in [0.05, 0.1) is 18.4 Å². The molecule has 2 aromatic carbocycles. The molecule has 2 saturated heterocycles. The van der Waals surface area contributed by atoms with Crippen LogP contribution in [0.5, 0.6) is 5.88 Å². The summed E-state index contributed by atoms with van der Waals surface area (Å²) in [5, 5.41) is 31.3. The number of nitrogen functional groups attached to an aromatic ring is 1. The van der Waals surface area contributed by atoms with Crippen LogP contribution in [0.25, 0.3) is 11.2 Å². The Morgan fingerprint density at radius 3 is 1.88 bits per heavy atom. The second-order valence-electron chi connectivity index (χ2n) is 15.6. The number of rotatable bonds is 10. The van der Waals surface area contributed by atoms with Gasteiger partial charge in [0.2, 0.25) is 11.8 Å². The maximum Gasteiger partial charge on any atom is 0.292 e. The average molecular weight is 809 g/mol. The molecule has 9 N–H and O–H groups in total. The molecule has 0 saturated carbocycles. The summed E-state index contributed by atoms with van der Waals surface area (Å²) < 4.78 is 0. The van der Waals surface area contributed by atoms with Crippen molar-refractivity contribution in [1.82, 2.24) is 61.1 Å². The summed E-state index contributed by atoms with van der Waals surface area (Å²) in [6.07, 6.45) is 5.95. The van der Waals surface area contributed by atoms with Gasteiger partial charge < -0.3 is 52.3 Å². The first-order chi connectivity index (χ1) is 29.0. The molecule has 0 unspecified atom stereocenters. The number of aromatic nitrogens is 4. The highest BCUT2D eigenvalue weighted by atomic mass is 16.3. The fourth-order valence-electron chi connectivity index (χ4n) is 7.49. The molecule has 2 aliphatic rings. The fourth-order valence-corrected chi connectivity index (χ4v) is 7.49. The molecule has 17 heteroatoms. The number of nitrogens with zero attached hydrogens (tertiary/aromatic N) is 7. The topological polar surface area (TPSA) is 197 Å². The monoisotopic (exact) mass is 809 g/mol. The normalized spacial score (nSPS) is 18.7. The van der Waals surface area contributed by atoms with Gasteiger partial charge in [-0.1, -0.05) is 36.4 Å². The number of hydrogen-bond acceptors (Lipinski definition) is 16. The number of anilines is 2. The number of nitrogens with two attached hydrogens (primary N) is 1. The molecule has 59 heavy (non-hydrogen) atoms. The van der Waals surface area contributed by atoms with Crippen molar-refractivity contribution in [2.24, 2.45) is 0 Å². The largest absolute Gasteiger partial charge is 0.492 e. The first kappa shape index (κ1) is 44.2. The lowest BCUT2D eigenvalue weighted by Crippen LogP contribution is -2.42. The Labute approximate surface area is 350 Å². The van der Waals surface area contributed by atoms with E-state index in [4.69, 9.17) is 5.73 Å². The van der Waals surface area contributed by atoms with Crippen LogP contribution in [0.4, 0.5) is 11.6 Å². The van der Waals surface area contributed by atoms with Crippen LogP contribution in [0.2, 0.25) is 0 Å². The Balaban J connectivity index is 1.01. The predicted octanol–water partition coefficient (Wildman–Crippen LogP) is 0.953. The predicted molar refractivity (Wildman–Crippen MR) is 238 cm³/mol. The summed E-state index contributed by atoms with van der Waals surface area (Å²) in [6.45, 7) is 18.0. The lowest BCUT2D eigenvalue weighted by Gasteiger charge is -2.28. The van der Waals surface area contributed by atoms with Crippen LogP contribution < -0.4 is 37.6 Å². The first-order valence-corrected chi connectivity index (χ1v) is 21.6. The molecule has 318 valence electrons. The van der Waals surface area contributed by atoms with Crippen LogP contribution in [0.1, 0.15) is 52.9 Å². The summed E-state index contributed by atoms with van der Waals surface area (Å²) in [7, 11) is 0.374. The maximum absolute atomic E-state index is 13.7. The van der Waals surface area contributed by atoms with Gasteiger partial charge in [-0.2, -0.15) is 9.97 Å². The maximum atomic E-state index is 13.7. The van der Waals surface area contributed by atoms with Crippen LogP contribution in [-0.2, 0) is 19.6 Å². The number of nitrogens with one attached hydrogen (secondary N) is 6. The van der Waals surface area contributed by atoms with Crippen LogP contribution in [0.15, 0.2) is 54.7 Å². The molecule has 2 aliphatic heterocycles. The fraction of sp³-hybridized carbons (Fsp3) is 0.548. The van der Waals surface area contributed by atoms with Crippen molar-refractivity contribution in [2.75, 3.05) is 116 Å². The van der Waals surface area contributed by atoms with E-state index in [0.29, 0.717) is 25.2 Å². The minimum absolute atomic E-state index is 0.0573. The van der Waals surface area contributed by atoms with Crippen molar-refractivity contribution in [3.8, 4) is 5.88 Å². The Morgan fingerprint density at radius 1 is 0.661 bits per heavy atom. The van der Waals surface area contributed by atoms with Crippen molar-refractivity contribution in [3.05, 3.63) is 77.1 Å². The molecule has 0 aliphatic carbocycles. The molecule has 4 heterocycles.